The lowest BCUT2D eigenvalue weighted by atomic mass is 10.1. The summed E-state index contributed by atoms with van der Waals surface area (Å²) >= 11 is 1.34. The van der Waals surface area contributed by atoms with Gasteiger partial charge in [0.25, 0.3) is 0 Å². The summed E-state index contributed by atoms with van der Waals surface area (Å²) < 4.78 is 23.0. The van der Waals surface area contributed by atoms with Crippen LogP contribution in [0.4, 0.5) is 0 Å². The zero-order valence-corrected chi connectivity index (χ0v) is 12.8. The first-order valence-corrected chi connectivity index (χ1v) is 8.98. The first-order valence-electron chi connectivity index (χ1n) is 6.55. The van der Waals surface area contributed by atoms with E-state index < -0.39 is 16.1 Å². The second-order valence-electron chi connectivity index (χ2n) is 5.08. The fourth-order valence-corrected chi connectivity index (χ4v) is 4.68. The molecule has 0 amide bonds. The van der Waals surface area contributed by atoms with Crippen LogP contribution in [-0.4, -0.2) is 19.6 Å². The fourth-order valence-electron chi connectivity index (χ4n) is 2.73. The molecule has 0 unspecified atom stereocenters. The van der Waals surface area contributed by atoms with Crippen LogP contribution in [0, 0.1) is 0 Å². The molecule has 21 heavy (non-hydrogen) atoms. The summed E-state index contributed by atoms with van der Waals surface area (Å²) in [5.41, 5.74) is 2.19. The van der Waals surface area contributed by atoms with Crippen LogP contribution in [0.2, 0.25) is 0 Å². The van der Waals surface area contributed by atoms with Crippen molar-refractivity contribution in [2.75, 3.05) is 0 Å². The van der Waals surface area contributed by atoms with Gasteiger partial charge in [-0.25, -0.2) is 13.6 Å². The van der Waals surface area contributed by atoms with Crippen LogP contribution >= 0.6 is 11.3 Å². The molecule has 2 atom stereocenters. The van der Waals surface area contributed by atoms with E-state index in [1.807, 2.05) is 24.3 Å². The molecule has 0 aliphatic heterocycles. The summed E-state index contributed by atoms with van der Waals surface area (Å²) in [6, 6.07) is 9.20. The molecule has 0 bridgehead atoms. The lowest BCUT2D eigenvalue weighted by Gasteiger charge is -2.17. The summed E-state index contributed by atoms with van der Waals surface area (Å²) in [5, 5.41) is 20.3. The van der Waals surface area contributed by atoms with E-state index in [1.165, 1.54) is 17.4 Å². The van der Waals surface area contributed by atoms with Crippen molar-refractivity contribution in [3.8, 4) is 0 Å². The first kappa shape index (κ1) is 14.7. The van der Waals surface area contributed by atoms with Gasteiger partial charge in [0, 0.05) is 17.8 Å². The van der Waals surface area contributed by atoms with E-state index in [9.17, 15) is 13.5 Å². The maximum absolute atomic E-state index is 11.5. The first-order chi connectivity index (χ1) is 9.97. The van der Waals surface area contributed by atoms with E-state index in [0.29, 0.717) is 17.8 Å². The van der Waals surface area contributed by atoms with Gasteiger partial charge in [-0.2, -0.15) is 0 Å². The second-order valence-corrected chi connectivity index (χ2v) is 7.61. The molecule has 112 valence electrons. The number of benzene rings is 1. The Bertz CT molecular complexity index is 755. The Morgan fingerprint density at radius 3 is 2.86 bits per heavy atom. The number of nitrogens with two attached hydrogens (primary N) is 1. The molecule has 1 aromatic heterocycles. The van der Waals surface area contributed by atoms with E-state index in [0.717, 1.165) is 11.1 Å². The van der Waals surface area contributed by atoms with Crippen LogP contribution in [0.25, 0.3) is 0 Å². The highest BCUT2D eigenvalue weighted by molar-refractivity contribution is 7.89. The third-order valence-corrected chi connectivity index (χ3v) is 5.74. The zero-order valence-electron chi connectivity index (χ0n) is 11.2. The van der Waals surface area contributed by atoms with Gasteiger partial charge in [0.2, 0.25) is 10.0 Å². The van der Waals surface area contributed by atoms with Gasteiger partial charge in [-0.3, -0.25) is 0 Å². The van der Waals surface area contributed by atoms with Crippen molar-refractivity contribution < 1.29 is 13.5 Å². The highest BCUT2D eigenvalue weighted by atomic mass is 32.2. The average molecular weight is 324 g/mol. The van der Waals surface area contributed by atoms with Crippen molar-refractivity contribution in [1.82, 2.24) is 5.32 Å². The Morgan fingerprint density at radius 2 is 2.10 bits per heavy atom. The number of aliphatic hydroxyl groups is 1. The third kappa shape index (κ3) is 2.88. The number of sulfonamides is 1. The zero-order chi connectivity index (χ0) is 15.0. The molecule has 1 heterocycles. The maximum Gasteiger partial charge on any atom is 0.239 e. The van der Waals surface area contributed by atoms with E-state index in [1.54, 1.807) is 5.38 Å². The minimum absolute atomic E-state index is 0.153. The highest BCUT2D eigenvalue weighted by Gasteiger charge is 2.30. The molecule has 1 aliphatic rings. The second kappa shape index (κ2) is 5.51. The number of hydrogen-bond donors (Lipinski definition) is 3. The molecular formula is C14H16N2O3S2. The molecule has 0 radical (unpaired) electrons. The van der Waals surface area contributed by atoms with Gasteiger partial charge < -0.3 is 10.4 Å². The van der Waals surface area contributed by atoms with Crippen molar-refractivity contribution >= 4 is 21.4 Å². The fraction of sp³-hybridized carbons (Fsp3) is 0.286. The number of nitrogens with one attached hydrogen (secondary N) is 1. The average Bonchev–Trinajstić information content (AvgIpc) is 2.99. The quantitative estimate of drug-likeness (QED) is 0.786. The van der Waals surface area contributed by atoms with Crippen molar-refractivity contribution in [2.24, 2.45) is 5.14 Å². The van der Waals surface area contributed by atoms with Crippen LogP contribution in [0.15, 0.2) is 40.6 Å². The van der Waals surface area contributed by atoms with E-state index in [4.69, 9.17) is 5.14 Å². The molecule has 7 heteroatoms. The minimum atomic E-state index is -3.70. The highest BCUT2D eigenvalue weighted by Crippen LogP contribution is 2.32. The monoisotopic (exact) mass is 324 g/mol. The van der Waals surface area contributed by atoms with Crippen molar-refractivity contribution in [1.29, 1.82) is 0 Å². The largest absolute Gasteiger partial charge is 0.391 e. The molecule has 0 saturated heterocycles. The van der Waals surface area contributed by atoms with Crippen LogP contribution in [0.1, 0.15) is 22.0 Å². The molecule has 4 N–H and O–H groups in total. The maximum atomic E-state index is 11.5. The molecule has 0 fully saturated rings. The van der Waals surface area contributed by atoms with Crippen molar-refractivity contribution in [3.05, 3.63) is 51.7 Å². The number of rotatable bonds is 4. The van der Waals surface area contributed by atoms with Gasteiger partial charge >= 0.3 is 0 Å². The Labute approximate surface area is 127 Å². The van der Waals surface area contributed by atoms with E-state index in [-0.39, 0.29) is 10.9 Å². The summed E-state index contributed by atoms with van der Waals surface area (Å²) in [7, 11) is -3.70. The molecule has 0 saturated carbocycles. The smallest absolute Gasteiger partial charge is 0.239 e. The number of primary sulfonamides is 1. The lowest BCUT2D eigenvalue weighted by molar-refractivity contribution is 0.140. The van der Waals surface area contributed by atoms with E-state index >= 15 is 0 Å². The topological polar surface area (TPSA) is 92.4 Å². The molecule has 0 spiro atoms. The van der Waals surface area contributed by atoms with Crippen molar-refractivity contribution in [3.63, 3.8) is 0 Å². The SMILES string of the molecule is NS(=O)(=O)c1ccsc1CN[C@@H]1c2ccccc2C[C@@H]1O. The van der Waals surface area contributed by atoms with Gasteiger partial charge in [0.1, 0.15) is 0 Å². The number of aliphatic hydroxyl groups excluding tert-OH is 1. The third-order valence-electron chi connectivity index (χ3n) is 3.70. The molecule has 1 aliphatic carbocycles. The standard InChI is InChI=1S/C14H16N2O3S2/c15-21(18,19)13-5-6-20-12(13)8-16-14-10-4-2-1-3-9(10)7-11(14)17/h1-6,11,14,16-17H,7-8H2,(H2,15,18,19)/t11-,14+/m0/s1. The lowest BCUT2D eigenvalue weighted by Crippen LogP contribution is -2.28. The van der Waals surface area contributed by atoms with Gasteiger partial charge in [-0.15, -0.1) is 11.3 Å². The van der Waals surface area contributed by atoms with Gasteiger partial charge in [0.15, 0.2) is 0 Å². The molecule has 5 nitrogen and oxygen atoms in total. The van der Waals surface area contributed by atoms with Crippen LogP contribution in [0.5, 0.6) is 0 Å². The van der Waals surface area contributed by atoms with Crippen LogP contribution in [-0.2, 0) is 23.0 Å². The number of thiophene rings is 1. The Morgan fingerprint density at radius 1 is 1.33 bits per heavy atom. The van der Waals surface area contributed by atoms with Gasteiger partial charge in [0.05, 0.1) is 17.0 Å². The van der Waals surface area contributed by atoms with E-state index in [2.05, 4.69) is 5.32 Å². The molecule has 1 aromatic carbocycles. The predicted octanol–water partition coefficient (Wildman–Crippen LogP) is 1.14. The molecular weight excluding hydrogens is 308 g/mol. The summed E-state index contributed by atoms with van der Waals surface area (Å²) in [6.07, 6.45) is 0.112. The predicted molar refractivity (Wildman–Crippen MR) is 81.4 cm³/mol. The molecule has 2 aromatic rings. The Kier molecular flexibility index (Phi) is 3.85. The summed E-state index contributed by atoms with van der Waals surface area (Å²) in [4.78, 5) is 0.815. The Balaban J connectivity index is 1.79. The van der Waals surface area contributed by atoms with Crippen LogP contribution < -0.4 is 10.5 Å². The Hall–Kier alpha value is -1.25. The van der Waals surface area contributed by atoms with Crippen molar-refractivity contribution in [2.45, 2.75) is 30.0 Å². The number of hydrogen-bond acceptors (Lipinski definition) is 5. The minimum Gasteiger partial charge on any atom is -0.391 e. The summed E-state index contributed by atoms with van der Waals surface area (Å²) in [6.45, 7) is 0.361. The number of fused-ring (bicyclic) bond motifs is 1. The summed E-state index contributed by atoms with van der Waals surface area (Å²) in [5.74, 6) is 0. The van der Waals surface area contributed by atoms with Gasteiger partial charge in [-0.05, 0) is 22.6 Å². The van der Waals surface area contributed by atoms with Gasteiger partial charge in [-0.1, -0.05) is 24.3 Å². The van der Waals surface area contributed by atoms with Crippen LogP contribution in [0.3, 0.4) is 0 Å². The molecule has 3 rings (SSSR count). The normalized spacial score (nSPS) is 21.4.